The Kier molecular flexibility index (Phi) is 12.9. The first kappa shape index (κ1) is 27.4. The number of benzene rings is 2. The van der Waals surface area contributed by atoms with Crippen molar-refractivity contribution in [3.63, 3.8) is 0 Å². The maximum absolute atomic E-state index is 12.1. The first-order valence-corrected chi connectivity index (χ1v) is 9.37. The second-order valence-corrected chi connectivity index (χ2v) is 7.50. The number of ether oxygens (including phenoxy) is 1. The van der Waals surface area contributed by atoms with E-state index in [1.165, 1.54) is 0 Å². The molecule has 0 atom stereocenters. The molecule has 0 spiro atoms. The van der Waals surface area contributed by atoms with Gasteiger partial charge in [-0.05, 0) is 37.6 Å². The fourth-order valence-electron chi connectivity index (χ4n) is 2.83. The first-order chi connectivity index (χ1) is 12.9. The summed E-state index contributed by atoms with van der Waals surface area (Å²) in [7, 11) is 0. The van der Waals surface area contributed by atoms with Gasteiger partial charge in [-0.3, -0.25) is 4.79 Å². The Morgan fingerprint density at radius 1 is 1.00 bits per heavy atom. The van der Waals surface area contributed by atoms with Crippen LogP contribution in [0.3, 0.4) is 0 Å². The minimum atomic E-state index is -0.282. The molecule has 2 aromatic carbocycles. The molecule has 0 bridgehead atoms. The van der Waals surface area contributed by atoms with E-state index in [1.54, 1.807) is 0 Å². The van der Waals surface area contributed by atoms with Crippen LogP contribution in [-0.2, 0) is 11.3 Å². The third-order valence-corrected chi connectivity index (χ3v) is 3.94. The van der Waals surface area contributed by atoms with Crippen LogP contribution in [0.1, 0.15) is 26.3 Å². The highest BCUT2D eigenvalue weighted by Crippen LogP contribution is 2.28. The minimum Gasteiger partial charge on any atom is -0.483 e. The summed E-state index contributed by atoms with van der Waals surface area (Å²) in [6.45, 7) is 8.73. The molecule has 0 heterocycles. The van der Waals surface area contributed by atoms with Crippen molar-refractivity contribution in [1.29, 1.82) is 0 Å². The maximum atomic E-state index is 12.1. The largest absolute Gasteiger partial charge is 0.483 e. The van der Waals surface area contributed by atoms with Crippen LogP contribution in [0.4, 0.5) is 0 Å². The van der Waals surface area contributed by atoms with Crippen molar-refractivity contribution in [2.24, 2.45) is 0 Å². The van der Waals surface area contributed by atoms with E-state index in [0.717, 1.165) is 29.4 Å². The van der Waals surface area contributed by atoms with Gasteiger partial charge in [0.15, 0.2) is 6.61 Å². The Labute approximate surface area is 185 Å². The lowest BCUT2D eigenvalue weighted by atomic mass is 10.0. The molecular weight excluding hydrogens is 413 g/mol. The third kappa shape index (κ3) is 9.65. The summed E-state index contributed by atoms with van der Waals surface area (Å²) < 4.78 is 5.85. The van der Waals surface area contributed by atoms with Gasteiger partial charge < -0.3 is 25.8 Å². The Hall–Kier alpha value is -1.57. The molecule has 164 valence electrons. The summed E-state index contributed by atoms with van der Waals surface area (Å²) in [6, 6.07) is 12.1. The van der Waals surface area contributed by atoms with Crippen LogP contribution < -0.4 is 20.7 Å². The van der Waals surface area contributed by atoms with E-state index in [9.17, 15) is 4.79 Å². The lowest BCUT2D eigenvalue weighted by Crippen LogP contribution is -2.43. The van der Waals surface area contributed by atoms with Crippen LogP contribution in [0.15, 0.2) is 36.4 Å². The zero-order chi connectivity index (χ0) is 19.7. The molecule has 0 saturated carbocycles. The zero-order valence-electron chi connectivity index (χ0n) is 17.3. The van der Waals surface area contributed by atoms with Gasteiger partial charge in [0.05, 0.1) is 6.61 Å². The van der Waals surface area contributed by atoms with Crippen LogP contribution in [0.5, 0.6) is 5.75 Å². The number of rotatable bonds is 10. The Morgan fingerprint density at radius 2 is 1.69 bits per heavy atom. The fraction of sp³-hybridized carbons (Fsp3) is 0.476. The molecule has 29 heavy (non-hydrogen) atoms. The van der Waals surface area contributed by atoms with E-state index in [2.05, 4.69) is 28.1 Å². The molecule has 0 unspecified atom stereocenters. The molecule has 0 aliphatic heterocycles. The van der Waals surface area contributed by atoms with Gasteiger partial charge in [0, 0.05) is 37.3 Å². The minimum absolute atomic E-state index is 0. The van der Waals surface area contributed by atoms with E-state index in [-0.39, 0.29) is 49.5 Å². The Bertz CT molecular complexity index is 752. The summed E-state index contributed by atoms with van der Waals surface area (Å²) in [5.74, 6) is 0.580. The predicted octanol–water partition coefficient (Wildman–Crippen LogP) is 2.65. The average Bonchev–Trinajstić information content (AvgIpc) is 2.62. The average molecular weight is 446 g/mol. The van der Waals surface area contributed by atoms with E-state index in [1.807, 2.05) is 45.0 Å². The van der Waals surface area contributed by atoms with Crippen molar-refractivity contribution >= 4 is 41.5 Å². The molecule has 1 amide bonds. The number of aliphatic hydroxyl groups excluding tert-OH is 1. The number of carbonyl (C=O) groups is 1. The number of nitrogens with one attached hydrogen (secondary N) is 3. The summed E-state index contributed by atoms with van der Waals surface area (Å²) in [5, 5.41) is 20.5. The van der Waals surface area contributed by atoms with Gasteiger partial charge in [0.2, 0.25) is 0 Å². The van der Waals surface area contributed by atoms with Crippen molar-refractivity contribution in [2.75, 3.05) is 32.8 Å². The molecule has 4 N–H and O–H groups in total. The SMILES string of the molecule is CC(C)(C)NC(=O)COc1ccc2ccccc2c1CNCCNCCO.Cl.Cl. The quantitative estimate of drug-likeness (QED) is 0.422. The molecule has 0 radical (unpaired) electrons. The summed E-state index contributed by atoms with van der Waals surface area (Å²) in [5.41, 5.74) is 0.759. The van der Waals surface area contributed by atoms with E-state index >= 15 is 0 Å². The van der Waals surface area contributed by atoms with Gasteiger partial charge in [-0.15, -0.1) is 24.8 Å². The highest BCUT2D eigenvalue weighted by atomic mass is 35.5. The number of carbonyl (C=O) groups excluding carboxylic acids is 1. The van der Waals surface area contributed by atoms with Crippen LogP contribution in [-0.4, -0.2) is 49.4 Å². The van der Waals surface area contributed by atoms with Gasteiger partial charge in [-0.1, -0.05) is 30.3 Å². The van der Waals surface area contributed by atoms with Gasteiger partial charge in [-0.25, -0.2) is 0 Å². The predicted molar refractivity (Wildman–Crippen MR) is 123 cm³/mol. The summed E-state index contributed by atoms with van der Waals surface area (Å²) in [4.78, 5) is 12.1. The molecule has 0 aliphatic rings. The zero-order valence-corrected chi connectivity index (χ0v) is 18.9. The highest BCUT2D eigenvalue weighted by molar-refractivity contribution is 5.88. The molecule has 2 aromatic rings. The fourth-order valence-corrected chi connectivity index (χ4v) is 2.83. The van der Waals surface area contributed by atoms with E-state index < -0.39 is 0 Å². The van der Waals surface area contributed by atoms with Crippen molar-refractivity contribution in [1.82, 2.24) is 16.0 Å². The smallest absolute Gasteiger partial charge is 0.258 e. The third-order valence-electron chi connectivity index (χ3n) is 3.94. The van der Waals surface area contributed by atoms with Gasteiger partial charge in [0.1, 0.15) is 5.75 Å². The lowest BCUT2D eigenvalue weighted by Gasteiger charge is -2.21. The molecule has 0 aliphatic carbocycles. The summed E-state index contributed by atoms with van der Waals surface area (Å²) in [6.07, 6.45) is 0. The van der Waals surface area contributed by atoms with E-state index in [4.69, 9.17) is 9.84 Å². The van der Waals surface area contributed by atoms with Crippen molar-refractivity contribution in [3.8, 4) is 5.75 Å². The summed E-state index contributed by atoms with van der Waals surface area (Å²) >= 11 is 0. The maximum Gasteiger partial charge on any atom is 0.258 e. The second-order valence-electron chi connectivity index (χ2n) is 7.50. The highest BCUT2D eigenvalue weighted by Gasteiger charge is 2.15. The molecule has 0 fully saturated rings. The molecular formula is C21H33Cl2N3O3. The monoisotopic (exact) mass is 445 g/mol. The van der Waals surface area contributed by atoms with Crippen LogP contribution >= 0.6 is 24.8 Å². The first-order valence-electron chi connectivity index (χ1n) is 9.37. The molecule has 0 saturated heterocycles. The van der Waals surface area contributed by atoms with Crippen molar-refractivity contribution in [3.05, 3.63) is 42.0 Å². The van der Waals surface area contributed by atoms with Crippen LogP contribution in [0.25, 0.3) is 10.8 Å². The normalized spacial score (nSPS) is 10.8. The van der Waals surface area contributed by atoms with Gasteiger partial charge in [0.25, 0.3) is 5.91 Å². The molecule has 0 aromatic heterocycles. The standard InChI is InChI=1S/C21H31N3O3.2ClH/c1-21(2,3)24-20(26)15-27-19-9-8-16-6-4-5-7-17(16)18(19)14-23-11-10-22-12-13-25;;/h4-9,22-23,25H,10-15H2,1-3H3,(H,24,26);2*1H. The number of hydrogen-bond acceptors (Lipinski definition) is 5. The Balaban J connectivity index is 0.00000392. The van der Waals surface area contributed by atoms with Crippen LogP contribution in [0.2, 0.25) is 0 Å². The van der Waals surface area contributed by atoms with Crippen molar-refractivity contribution < 1.29 is 14.6 Å². The second kappa shape index (κ2) is 13.6. The number of hydrogen-bond donors (Lipinski definition) is 4. The molecule has 8 heteroatoms. The number of fused-ring (bicyclic) bond motifs is 1. The molecule has 2 rings (SSSR count). The van der Waals surface area contributed by atoms with Gasteiger partial charge >= 0.3 is 0 Å². The van der Waals surface area contributed by atoms with Crippen molar-refractivity contribution in [2.45, 2.75) is 32.9 Å². The van der Waals surface area contributed by atoms with E-state index in [0.29, 0.717) is 18.8 Å². The lowest BCUT2D eigenvalue weighted by molar-refractivity contribution is -0.124. The topological polar surface area (TPSA) is 82.6 Å². The van der Waals surface area contributed by atoms with Crippen LogP contribution in [0, 0.1) is 0 Å². The molecule has 6 nitrogen and oxygen atoms in total. The number of aliphatic hydroxyl groups is 1. The Morgan fingerprint density at radius 3 is 2.38 bits per heavy atom. The van der Waals surface area contributed by atoms with Gasteiger partial charge in [-0.2, -0.15) is 0 Å². The number of halogens is 2. The number of amides is 1.